The summed E-state index contributed by atoms with van der Waals surface area (Å²) in [6.45, 7) is 4.32. The maximum Gasteiger partial charge on any atom is 0.355 e. The van der Waals surface area contributed by atoms with Gasteiger partial charge in [0.2, 0.25) is 0 Å². The number of nitrogens with one attached hydrogen (secondary N) is 2. The van der Waals surface area contributed by atoms with Crippen LogP contribution in [0.4, 0.5) is 10.6 Å². The first-order valence-corrected chi connectivity index (χ1v) is 8.95. The molecule has 0 radical (unpaired) electrons. The summed E-state index contributed by atoms with van der Waals surface area (Å²) < 4.78 is 12.0. The second-order valence-electron chi connectivity index (χ2n) is 5.92. The molecule has 8 nitrogen and oxygen atoms in total. The van der Waals surface area contributed by atoms with E-state index in [0.29, 0.717) is 23.7 Å². The van der Waals surface area contributed by atoms with Crippen molar-refractivity contribution >= 4 is 23.5 Å². The molecule has 8 heteroatoms. The summed E-state index contributed by atoms with van der Waals surface area (Å²) in [6.07, 6.45) is 1.59. The molecule has 0 aliphatic heterocycles. The lowest BCUT2D eigenvalue weighted by atomic mass is 10.1. The summed E-state index contributed by atoms with van der Waals surface area (Å²) in [5.74, 6) is 0.609. The lowest BCUT2D eigenvalue weighted by molar-refractivity contribution is 0.0518. The van der Waals surface area contributed by atoms with Gasteiger partial charge in [-0.1, -0.05) is 12.1 Å². The Morgan fingerprint density at radius 1 is 1.11 bits per heavy atom. The second-order valence-corrected chi connectivity index (χ2v) is 5.92. The quantitative estimate of drug-likeness (QED) is 0.638. The van der Waals surface area contributed by atoms with E-state index >= 15 is 0 Å². The smallest absolute Gasteiger partial charge is 0.355 e. The SMILES string of the molecule is CCNC(=O)Nc1cn2c(C(=O)OCC)cc(-c3ccc(OC)cc3)cc2n1. The molecule has 0 saturated carbocycles. The monoisotopic (exact) mass is 382 g/mol. The highest BCUT2D eigenvalue weighted by Crippen LogP contribution is 2.26. The van der Waals surface area contributed by atoms with E-state index in [-0.39, 0.29) is 12.6 Å². The Morgan fingerprint density at radius 3 is 2.50 bits per heavy atom. The zero-order chi connectivity index (χ0) is 20.1. The molecule has 0 atom stereocenters. The van der Waals surface area contributed by atoms with Gasteiger partial charge in [0.05, 0.1) is 19.9 Å². The van der Waals surface area contributed by atoms with Crippen LogP contribution in [-0.4, -0.2) is 41.6 Å². The van der Waals surface area contributed by atoms with E-state index in [1.54, 1.807) is 30.7 Å². The molecule has 2 aromatic heterocycles. The molecule has 2 N–H and O–H groups in total. The Bertz CT molecular complexity index is 995. The number of carbonyl (C=O) groups excluding carboxylic acids is 2. The summed E-state index contributed by atoms with van der Waals surface area (Å²) in [6, 6.07) is 10.7. The van der Waals surface area contributed by atoms with Gasteiger partial charge in [-0.2, -0.15) is 0 Å². The number of carbonyl (C=O) groups is 2. The number of fused-ring (bicyclic) bond motifs is 1. The molecular weight excluding hydrogens is 360 g/mol. The average Bonchev–Trinajstić information content (AvgIpc) is 3.09. The molecule has 28 heavy (non-hydrogen) atoms. The van der Waals surface area contributed by atoms with Gasteiger partial charge in [-0.3, -0.25) is 9.72 Å². The largest absolute Gasteiger partial charge is 0.497 e. The molecule has 0 fully saturated rings. The van der Waals surface area contributed by atoms with E-state index in [4.69, 9.17) is 9.47 Å². The molecule has 3 rings (SSSR count). The van der Waals surface area contributed by atoms with Crippen LogP contribution in [0.2, 0.25) is 0 Å². The zero-order valence-electron chi connectivity index (χ0n) is 16.0. The van der Waals surface area contributed by atoms with Gasteiger partial charge in [0, 0.05) is 6.54 Å². The first-order valence-electron chi connectivity index (χ1n) is 8.95. The van der Waals surface area contributed by atoms with E-state index in [1.807, 2.05) is 37.3 Å². The number of nitrogens with zero attached hydrogens (tertiary/aromatic N) is 2. The maximum atomic E-state index is 12.5. The molecule has 3 aromatic rings. The molecule has 0 unspecified atom stereocenters. The number of imidazole rings is 1. The Labute approximate surface area is 162 Å². The normalized spacial score (nSPS) is 10.5. The number of pyridine rings is 1. The van der Waals surface area contributed by atoms with Crippen LogP contribution in [0.15, 0.2) is 42.6 Å². The van der Waals surface area contributed by atoms with Gasteiger partial charge < -0.3 is 14.8 Å². The highest BCUT2D eigenvalue weighted by molar-refractivity contribution is 5.92. The molecule has 2 amide bonds. The van der Waals surface area contributed by atoms with Crippen molar-refractivity contribution in [1.29, 1.82) is 0 Å². The lowest BCUT2D eigenvalue weighted by Crippen LogP contribution is -2.28. The van der Waals surface area contributed by atoms with Crippen molar-refractivity contribution in [2.45, 2.75) is 13.8 Å². The topological polar surface area (TPSA) is 94.0 Å². The minimum absolute atomic E-state index is 0.256. The van der Waals surface area contributed by atoms with Crippen LogP contribution < -0.4 is 15.4 Å². The van der Waals surface area contributed by atoms with Crippen LogP contribution in [0.5, 0.6) is 5.75 Å². The second kappa shape index (κ2) is 8.43. The summed E-state index contributed by atoms with van der Waals surface area (Å²) >= 11 is 0. The molecule has 2 heterocycles. The van der Waals surface area contributed by atoms with E-state index in [0.717, 1.165) is 16.9 Å². The van der Waals surface area contributed by atoms with Crippen LogP contribution >= 0.6 is 0 Å². The fourth-order valence-electron chi connectivity index (χ4n) is 2.78. The predicted molar refractivity (Wildman–Crippen MR) is 106 cm³/mol. The Balaban J connectivity index is 2.07. The number of hydrogen-bond donors (Lipinski definition) is 2. The Morgan fingerprint density at radius 2 is 1.86 bits per heavy atom. The third kappa shape index (κ3) is 4.06. The highest BCUT2D eigenvalue weighted by atomic mass is 16.5. The fraction of sp³-hybridized carbons (Fsp3) is 0.250. The minimum atomic E-state index is -0.468. The summed E-state index contributed by atoms with van der Waals surface area (Å²) in [4.78, 5) is 28.7. The molecule has 1 aromatic carbocycles. The van der Waals surface area contributed by atoms with Gasteiger partial charge in [0.25, 0.3) is 0 Å². The van der Waals surface area contributed by atoms with Gasteiger partial charge in [-0.05, 0) is 49.2 Å². The van der Waals surface area contributed by atoms with E-state index in [9.17, 15) is 9.59 Å². The average molecular weight is 382 g/mol. The van der Waals surface area contributed by atoms with Crippen molar-refractivity contribution in [3.05, 3.63) is 48.3 Å². The third-order valence-electron chi connectivity index (χ3n) is 4.06. The molecule has 0 saturated heterocycles. The van der Waals surface area contributed by atoms with Crippen LogP contribution in [0.25, 0.3) is 16.8 Å². The first-order chi connectivity index (χ1) is 13.5. The molecule has 0 aliphatic carbocycles. The Kier molecular flexibility index (Phi) is 5.78. The number of esters is 1. The van der Waals surface area contributed by atoms with Crippen LogP contribution in [-0.2, 0) is 4.74 Å². The number of urea groups is 1. The highest BCUT2D eigenvalue weighted by Gasteiger charge is 2.16. The van der Waals surface area contributed by atoms with Crippen LogP contribution in [0.3, 0.4) is 0 Å². The van der Waals surface area contributed by atoms with Crippen LogP contribution in [0, 0.1) is 0 Å². The number of aromatic nitrogens is 2. The Hall–Kier alpha value is -3.55. The van der Waals surface area contributed by atoms with Crippen molar-refractivity contribution in [3.8, 4) is 16.9 Å². The molecule has 146 valence electrons. The fourth-order valence-corrected chi connectivity index (χ4v) is 2.78. The molecule has 0 bridgehead atoms. The van der Waals surface area contributed by atoms with Crippen molar-refractivity contribution < 1.29 is 19.1 Å². The van der Waals surface area contributed by atoms with Crippen molar-refractivity contribution in [2.75, 3.05) is 25.6 Å². The van der Waals surface area contributed by atoms with Gasteiger partial charge in [0.15, 0.2) is 5.82 Å². The summed E-state index contributed by atoms with van der Waals surface area (Å²) in [7, 11) is 1.60. The number of rotatable bonds is 6. The van der Waals surface area contributed by atoms with E-state index in [1.165, 1.54) is 0 Å². The molecule has 0 aliphatic rings. The van der Waals surface area contributed by atoms with E-state index < -0.39 is 5.97 Å². The lowest BCUT2D eigenvalue weighted by Gasteiger charge is -2.09. The maximum absolute atomic E-state index is 12.5. The van der Waals surface area contributed by atoms with E-state index in [2.05, 4.69) is 15.6 Å². The van der Waals surface area contributed by atoms with Crippen molar-refractivity contribution in [3.63, 3.8) is 0 Å². The van der Waals surface area contributed by atoms with Crippen molar-refractivity contribution in [2.24, 2.45) is 0 Å². The first kappa shape index (κ1) is 19.2. The number of benzene rings is 1. The number of ether oxygens (including phenoxy) is 2. The molecule has 0 spiro atoms. The zero-order valence-corrected chi connectivity index (χ0v) is 16.0. The van der Waals surface area contributed by atoms with Gasteiger partial charge in [-0.15, -0.1) is 0 Å². The van der Waals surface area contributed by atoms with Crippen molar-refractivity contribution in [1.82, 2.24) is 14.7 Å². The number of amides is 2. The van der Waals surface area contributed by atoms with Gasteiger partial charge in [0.1, 0.15) is 17.1 Å². The number of methoxy groups -OCH3 is 1. The minimum Gasteiger partial charge on any atom is -0.497 e. The van der Waals surface area contributed by atoms with Gasteiger partial charge in [-0.25, -0.2) is 14.6 Å². The number of anilines is 1. The molecular formula is C20H22N4O4. The van der Waals surface area contributed by atoms with Crippen LogP contribution in [0.1, 0.15) is 24.3 Å². The van der Waals surface area contributed by atoms with Gasteiger partial charge >= 0.3 is 12.0 Å². The summed E-state index contributed by atoms with van der Waals surface area (Å²) in [5.41, 5.74) is 2.54. The predicted octanol–water partition coefficient (Wildman–Crippen LogP) is 3.33. The third-order valence-corrected chi connectivity index (χ3v) is 4.06. The number of hydrogen-bond acceptors (Lipinski definition) is 5. The summed E-state index contributed by atoms with van der Waals surface area (Å²) in [5, 5.41) is 5.30. The standard InChI is InChI=1S/C20H22N4O4/c1-4-21-20(26)23-17-12-24-16(19(25)28-5-2)10-14(11-18(24)22-17)13-6-8-15(27-3)9-7-13/h6-12H,4-5H2,1-3H3,(H2,21,23,26).